The van der Waals surface area contributed by atoms with Gasteiger partial charge in [0.15, 0.2) is 5.69 Å². The number of hydrogen-bond donors (Lipinski definition) is 1. The third-order valence-corrected chi connectivity index (χ3v) is 5.22. The van der Waals surface area contributed by atoms with Gasteiger partial charge in [0.1, 0.15) is 6.04 Å². The zero-order chi connectivity index (χ0) is 19.2. The van der Waals surface area contributed by atoms with Crippen LogP contribution in [0.15, 0.2) is 10.7 Å². The van der Waals surface area contributed by atoms with Gasteiger partial charge >= 0.3 is 6.18 Å². The maximum Gasteiger partial charge on any atom is 0.436 e. The number of rotatable bonds is 5. The van der Waals surface area contributed by atoms with E-state index in [1.165, 1.54) is 4.68 Å². The Labute approximate surface area is 156 Å². The molecule has 0 aliphatic heterocycles. The second-order valence-corrected chi connectivity index (χ2v) is 7.36. The number of amides is 1. The Morgan fingerprint density at radius 1 is 1.42 bits per heavy atom. The van der Waals surface area contributed by atoms with E-state index in [2.05, 4.69) is 31.4 Å². The highest BCUT2D eigenvalue weighted by molar-refractivity contribution is 9.10. The van der Waals surface area contributed by atoms with Crippen molar-refractivity contribution in [1.29, 1.82) is 0 Å². The third-order valence-electron chi connectivity index (χ3n) is 4.43. The highest BCUT2D eigenvalue weighted by atomic mass is 79.9. The average molecular weight is 434 g/mol. The van der Waals surface area contributed by atoms with Crippen LogP contribution in [0.5, 0.6) is 0 Å². The Morgan fingerprint density at radius 3 is 2.58 bits per heavy atom. The summed E-state index contributed by atoms with van der Waals surface area (Å²) in [5, 5.41) is 10.7. The van der Waals surface area contributed by atoms with Crippen LogP contribution in [0.3, 0.4) is 0 Å². The summed E-state index contributed by atoms with van der Waals surface area (Å²) in [6, 6.07) is -0.852. The quantitative estimate of drug-likeness (QED) is 0.784. The van der Waals surface area contributed by atoms with Crippen LogP contribution in [-0.2, 0) is 24.6 Å². The average Bonchev–Trinajstić information content (AvgIpc) is 3.23. The van der Waals surface area contributed by atoms with Crippen molar-refractivity contribution in [2.75, 3.05) is 0 Å². The van der Waals surface area contributed by atoms with E-state index in [1.807, 2.05) is 6.92 Å². The highest BCUT2D eigenvalue weighted by Crippen LogP contribution is 2.47. The first-order valence-corrected chi connectivity index (χ1v) is 9.00. The van der Waals surface area contributed by atoms with Gasteiger partial charge in [-0.2, -0.15) is 23.4 Å². The van der Waals surface area contributed by atoms with Crippen LogP contribution in [0.2, 0.25) is 0 Å². The molecule has 1 fully saturated rings. The second kappa shape index (κ2) is 6.71. The zero-order valence-electron chi connectivity index (χ0n) is 14.6. The molecule has 1 aliphatic rings. The summed E-state index contributed by atoms with van der Waals surface area (Å²) >= 11 is 3.04. The van der Waals surface area contributed by atoms with Gasteiger partial charge in [-0.15, -0.1) is 0 Å². The Hall–Kier alpha value is -1.84. The summed E-state index contributed by atoms with van der Waals surface area (Å²) in [7, 11) is 1.78. The van der Waals surface area contributed by atoms with E-state index in [-0.39, 0.29) is 22.8 Å². The van der Waals surface area contributed by atoms with Gasteiger partial charge in [-0.05, 0) is 42.6 Å². The molecular weight excluding hydrogens is 415 g/mol. The molecule has 1 aliphatic carbocycles. The molecule has 10 heteroatoms. The molecule has 0 saturated heterocycles. The van der Waals surface area contributed by atoms with Crippen molar-refractivity contribution in [3.63, 3.8) is 0 Å². The molecule has 3 rings (SSSR count). The van der Waals surface area contributed by atoms with Crippen LogP contribution in [0.25, 0.3) is 0 Å². The Kier molecular flexibility index (Phi) is 4.89. The fourth-order valence-electron chi connectivity index (χ4n) is 2.89. The van der Waals surface area contributed by atoms with E-state index in [0.717, 1.165) is 24.1 Å². The predicted octanol–water partition coefficient (Wildman–Crippen LogP) is 3.46. The first-order valence-electron chi connectivity index (χ1n) is 8.21. The lowest BCUT2D eigenvalue weighted by atomic mass is 10.2. The second-order valence-electron chi connectivity index (χ2n) is 6.57. The standard InChI is InChI=1S/C16H19BrF3N5O/c1-8-11(7-24(3)22-8)6-21-15(26)9(2)25-13(10-4-5-10)12(17)14(23-25)16(18,19)20/h7,9-10H,4-6H2,1-3H3,(H,21,26). The highest BCUT2D eigenvalue weighted by Gasteiger charge is 2.43. The van der Waals surface area contributed by atoms with Crippen LogP contribution in [0.1, 0.15) is 54.4 Å². The van der Waals surface area contributed by atoms with E-state index in [1.54, 1.807) is 24.9 Å². The van der Waals surface area contributed by atoms with Crippen molar-refractivity contribution in [3.05, 3.63) is 33.3 Å². The smallest absolute Gasteiger partial charge is 0.350 e. The predicted molar refractivity (Wildman–Crippen MR) is 91.4 cm³/mol. The van der Waals surface area contributed by atoms with E-state index in [0.29, 0.717) is 5.69 Å². The summed E-state index contributed by atoms with van der Waals surface area (Å²) in [5.41, 5.74) is 1.10. The number of aryl methyl sites for hydroxylation is 2. The topological polar surface area (TPSA) is 64.7 Å². The van der Waals surface area contributed by atoms with Crippen molar-refractivity contribution >= 4 is 21.8 Å². The van der Waals surface area contributed by atoms with Crippen LogP contribution in [0.4, 0.5) is 13.2 Å². The number of hydrogen-bond acceptors (Lipinski definition) is 3. The molecule has 1 atom stereocenters. The summed E-state index contributed by atoms with van der Waals surface area (Å²) in [6.07, 6.45) is -1.19. The van der Waals surface area contributed by atoms with Crippen molar-refractivity contribution < 1.29 is 18.0 Å². The van der Waals surface area contributed by atoms with Crippen molar-refractivity contribution in [1.82, 2.24) is 24.9 Å². The molecular formula is C16H19BrF3N5O. The number of halogens is 4. The molecule has 1 amide bonds. The molecule has 26 heavy (non-hydrogen) atoms. The Bertz CT molecular complexity index is 838. The lowest BCUT2D eigenvalue weighted by molar-refractivity contribution is -0.142. The minimum atomic E-state index is -4.57. The minimum absolute atomic E-state index is 0.00351. The van der Waals surface area contributed by atoms with Crippen molar-refractivity contribution in [2.45, 2.75) is 51.4 Å². The fraction of sp³-hybridized carbons (Fsp3) is 0.562. The van der Waals surface area contributed by atoms with Gasteiger partial charge < -0.3 is 5.32 Å². The molecule has 2 aromatic rings. The van der Waals surface area contributed by atoms with Gasteiger partial charge in [-0.1, -0.05) is 0 Å². The maximum absolute atomic E-state index is 13.2. The molecule has 1 unspecified atom stereocenters. The van der Waals surface area contributed by atoms with Crippen LogP contribution in [0, 0.1) is 6.92 Å². The lowest BCUT2D eigenvalue weighted by Crippen LogP contribution is -2.32. The molecule has 0 radical (unpaired) electrons. The number of carbonyl (C=O) groups excluding carboxylic acids is 1. The normalized spacial score (nSPS) is 16.0. The first kappa shape index (κ1) is 18.9. The van der Waals surface area contributed by atoms with E-state index >= 15 is 0 Å². The summed E-state index contributed by atoms with van der Waals surface area (Å²) < 4.78 is 42.4. The number of carbonyl (C=O) groups is 1. The van der Waals surface area contributed by atoms with E-state index < -0.39 is 17.9 Å². The van der Waals surface area contributed by atoms with Crippen LogP contribution < -0.4 is 5.32 Å². The van der Waals surface area contributed by atoms with E-state index in [9.17, 15) is 18.0 Å². The molecule has 2 aromatic heterocycles. The molecule has 0 aromatic carbocycles. The number of nitrogens with zero attached hydrogens (tertiary/aromatic N) is 4. The first-order chi connectivity index (χ1) is 12.1. The SMILES string of the molecule is Cc1nn(C)cc1CNC(=O)C(C)n1nc(C(F)(F)F)c(Br)c1C1CC1. The molecule has 6 nitrogen and oxygen atoms in total. The largest absolute Gasteiger partial charge is 0.436 e. The van der Waals surface area contributed by atoms with Gasteiger partial charge in [-0.25, -0.2) is 0 Å². The van der Waals surface area contributed by atoms with Gasteiger partial charge in [0, 0.05) is 31.3 Å². The lowest BCUT2D eigenvalue weighted by Gasteiger charge is -2.15. The third kappa shape index (κ3) is 3.65. The molecule has 1 N–H and O–H groups in total. The molecule has 142 valence electrons. The van der Waals surface area contributed by atoms with Crippen LogP contribution >= 0.6 is 15.9 Å². The van der Waals surface area contributed by atoms with Crippen molar-refractivity contribution in [3.8, 4) is 0 Å². The van der Waals surface area contributed by atoms with Gasteiger partial charge in [-0.3, -0.25) is 14.2 Å². The van der Waals surface area contributed by atoms with Crippen LogP contribution in [-0.4, -0.2) is 25.5 Å². The zero-order valence-corrected chi connectivity index (χ0v) is 16.1. The number of alkyl halides is 3. The summed E-state index contributed by atoms with van der Waals surface area (Å²) in [4.78, 5) is 12.5. The molecule has 1 saturated carbocycles. The van der Waals surface area contributed by atoms with Gasteiger partial charge in [0.2, 0.25) is 5.91 Å². The molecule has 0 spiro atoms. The van der Waals surface area contributed by atoms with E-state index in [4.69, 9.17) is 0 Å². The maximum atomic E-state index is 13.2. The van der Waals surface area contributed by atoms with Gasteiger partial charge in [0.05, 0.1) is 15.9 Å². The Balaban J connectivity index is 1.81. The molecule has 0 bridgehead atoms. The monoisotopic (exact) mass is 433 g/mol. The number of aromatic nitrogens is 4. The number of nitrogens with one attached hydrogen (secondary N) is 1. The summed E-state index contributed by atoms with van der Waals surface area (Å²) in [5.74, 6) is -0.386. The van der Waals surface area contributed by atoms with Crippen molar-refractivity contribution in [2.24, 2.45) is 7.05 Å². The minimum Gasteiger partial charge on any atom is -0.350 e. The van der Waals surface area contributed by atoms with Gasteiger partial charge in [0.25, 0.3) is 0 Å². The summed E-state index contributed by atoms with van der Waals surface area (Å²) in [6.45, 7) is 3.64. The molecule has 2 heterocycles. The fourth-order valence-corrected chi connectivity index (χ4v) is 3.70. The Morgan fingerprint density at radius 2 is 2.08 bits per heavy atom.